The second kappa shape index (κ2) is 12.8. The van der Waals surface area contributed by atoms with Gasteiger partial charge in [0, 0.05) is 26.9 Å². The number of fused-ring (bicyclic) bond motifs is 10. The highest BCUT2D eigenvalue weighted by Gasteiger charge is 2.50. The summed E-state index contributed by atoms with van der Waals surface area (Å²) in [4.78, 5) is 5.03. The van der Waals surface area contributed by atoms with Gasteiger partial charge >= 0.3 is 0 Å². The van der Waals surface area contributed by atoms with Crippen molar-refractivity contribution in [2.45, 2.75) is 15.2 Å². The molecular weight excluding hydrogens is 683 g/mol. The summed E-state index contributed by atoms with van der Waals surface area (Å²) in [5, 5.41) is 2.52. The molecule has 0 bridgehead atoms. The maximum atomic E-state index is 2.47. The van der Waals surface area contributed by atoms with Gasteiger partial charge in [0.05, 0.1) is 5.41 Å². The van der Waals surface area contributed by atoms with E-state index in [4.69, 9.17) is 0 Å². The molecule has 55 heavy (non-hydrogen) atoms. The van der Waals surface area contributed by atoms with Crippen LogP contribution < -0.4 is 4.90 Å². The monoisotopic (exact) mass is 717 g/mol. The van der Waals surface area contributed by atoms with Crippen LogP contribution in [-0.4, -0.2) is 0 Å². The molecule has 0 radical (unpaired) electrons. The number of hydrogen-bond acceptors (Lipinski definition) is 2. The van der Waals surface area contributed by atoms with E-state index in [1.165, 1.54) is 76.2 Å². The van der Waals surface area contributed by atoms with E-state index in [-0.39, 0.29) is 0 Å². The number of rotatable bonds is 5. The molecule has 1 spiro atoms. The summed E-state index contributed by atoms with van der Waals surface area (Å²) in [6, 6.07) is 78.2. The zero-order chi connectivity index (χ0) is 36.3. The molecule has 1 aliphatic heterocycles. The molecular formula is C53H35NS. The number of benzene rings is 9. The lowest BCUT2D eigenvalue weighted by Gasteiger charge is -2.40. The fraction of sp³-hybridized carbons (Fsp3) is 0.0189. The highest BCUT2D eigenvalue weighted by Crippen LogP contribution is 2.62. The molecule has 0 saturated carbocycles. The molecule has 1 nitrogen and oxygen atoms in total. The van der Waals surface area contributed by atoms with Crippen molar-refractivity contribution >= 4 is 39.6 Å². The first-order chi connectivity index (χ1) is 27.3. The summed E-state index contributed by atoms with van der Waals surface area (Å²) in [5.41, 5.74) is 15.8. The summed E-state index contributed by atoms with van der Waals surface area (Å²) in [5.74, 6) is 0. The van der Waals surface area contributed by atoms with Crippen LogP contribution in [0.15, 0.2) is 222 Å². The molecule has 11 rings (SSSR count). The van der Waals surface area contributed by atoms with Gasteiger partial charge in [-0.3, -0.25) is 0 Å². The highest BCUT2D eigenvalue weighted by atomic mass is 32.2. The topological polar surface area (TPSA) is 3.24 Å². The standard InChI is InChI=1S/C53H35NS/c1-2-13-36(14-3-1)37-25-29-40(30-26-37)54(41-31-27-39(28-32-41)44-20-12-16-38-15-4-5-17-43(38)44)42-33-34-52-50(35-42)53(49-23-10-11-24-51(49)55-52)47-21-8-6-18-45(47)46-19-7-9-22-48(46)53/h1-35H. The van der Waals surface area contributed by atoms with Gasteiger partial charge in [0.15, 0.2) is 0 Å². The predicted octanol–water partition coefficient (Wildman–Crippen LogP) is 14.5. The number of hydrogen-bond donors (Lipinski definition) is 0. The summed E-state index contributed by atoms with van der Waals surface area (Å²) >= 11 is 1.89. The van der Waals surface area contributed by atoms with Crippen molar-refractivity contribution < 1.29 is 0 Å². The van der Waals surface area contributed by atoms with Gasteiger partial charge in [-0.05, 0) is 115 Å². The third-order valence-corrected chi connectivity index (χ3v) is 12.7. The Kier molecular flexibility index (Phi) is 7.40. The largest absolute Gasteiger partial charge is 0.310 e. The third kappa shape index (κ3) is 4.95. The van der Waals surface area contributed by atoms with Crippen LogP contribution in [0.3, 0.4) is 0 Å². The molecule has 9 aromatic rings. The summed E-state index contributed by atoms with van der Waals surface area (Å²) in [6.45, 7) is 0. The molecule has 0 atom stereocenters. The maximum Gasteiger partial charge on any atom is 0.0736 e. The SMILES string of the molecule is c1ccc(-c2ccc(N(c3ccc(-c4cccc5ccccc45)cc3)c3ccc4c(c3)C3(c5ccccc5S4)c4ccccc4-c4ccccc43)cc2)cc1. The van der Waals surface area contributed by atoms with Crippen molar-refractivity contribution in [1.29, 1.82) is 0 Å². The quantitative estimate of drug-likeness (QED) is 0.174. The summed E-state index contributed by atoms with van der Waals surface area (Å²) < 4.78 is 0. The van der Waals surface area contributed by atoms with Crippen LogP contribution in [0.2, 0.25) is 0 Å². The van der Waals surface area contributed by atoms with Gasteiger partial charge in [-0.15, -0.1) is 0 Å². The van der Waals surface area contributed by atoms with Crippen LogP contribution in [0.25, 0.3) is 44.2 Å². The second-order valence-corrected chi connectivity index (χ2v) is 15.5. The first-order valence-corrected chi connectivity index (χ1v) is 19.7. The van der Waals surface area contributed by atoms with Gasteiger partial charge in [0.2, 0.25) is 0 Å². The first-order valence-electron chi connectivity index (χ1n) is 18.9. The Balaban J connectivity index is 1.11. The van der Waals surface area contributed by atoms with Crippen LogP contribution in [0.4, 0.5) is 17.1 Å². The molecule has 0 fully saturated rings. The van der Waals surface area contributed by atoms with Crippen molar-refractivity contribution in [3.63, 3.8) is 0 Å². The molecule has 2 heteroatoms. The van der Waals surface area contributed by atoms with Gasteiger partial charge in [-0.2, -0.15) is 0 Å². The molecule has 0 unspecified atom stereocenters. The van der Waals surface area contributed by atoms with E-state index in [1.54, 1.807) is 0 Å². The van der Waals surface area contributed by atoms with E-state index in [0.717, 1.165) is 17.1 Å². The lowest BCUT2D eigenvalue weighted by Crippen LogP contribution is -2.32. The lowest BCUT2D eigenvalue weighted by molar-refractivity contribution is 0.722. The van der Waals surface area contributed by atoms with E-state index in [9.17, 15) is 0 Å². The smallest absolute Gasteiger partial charge is 0.0736 e. The van der Waals surface area contributed by atoms with E-state index in [0.29, 0.717) is 0 Å². The zero-order valence-electron chi connectivity index (χ0n) is 30.1. The van der Waals surface area contributed by atoms with E-state index < -0.39 is 5.41 Å². The average molecular weight is 718 g/mol. The Morgan fingerprint density at radius 2 is 0.836 bits per heavy atom. The minimum absolute atomic E-state index is 0.443. The van der Waals surface area contributed by atoms with Crippen LogP contribution in [0.1, 0.15) is 22.3 Å². The van der Waals surface area contributed by atoms with E-state index in [2.05, 4.69) is 217 Å². The normalized spacial score (nSPS) is 13.2. The maximum absolute atomic E-state index is 2.47. The molecule has 0 saturated heterocycles. The van der Waals surface area contributed by atoms with Crippen LogP contribution in [-0.2, 0) is 5.41 Å². The number of anilines is 3. The van der Waals surface area contributed by atoms with Gasteiger partial charge < -0.3 is 4.90 Å². The average Bonchev–Trinajstić information content (AvgIpc) is 3.55. The zero-order valence-corrected chi connectivity index (χ0v) is 30.9. The van der Waals surface area contributed by atoms with Crippen LogP contribution in [0, 0.1) is 0 Å². The van der Waals surface area contributed by atoms with Gasteiger partial charge in [-0.1, -0.05) is 176 Å². The molecule has 0 aromatic heterocycles. The Labute approximate surface area is 326 Å². The molecule has 1 heterocycles. The van der Waals surface area contributed by atoms with E-state index in [1.807, 2.05) is 11.8 Å². The third-order valence-electron chi connectivity index (χ3n) is 11.5. The van der Waals surface area contributed by atoms with Gasteiger partial charge in [-0.25, -0.2) is 0 Å². The van der Waals surface area contributed by atoms with Crippen molar-refractivity contribution in [1.82, 2.24) is 0 Å². The van der Waals surface area contributed by atoms with Crippen LogP contribution in [0.5, 0.6) is 0 Å². The van der Waals surface area contributed by atoms with Crippen molar-refractivity contribution in [2.75, 3.05) is 4.90 Å². The van der Waals surface area contributed by atoms with E-state index >= 15 is 0 Å². The Hall–Kier alpha value is -6.61. The predicted molar refractivity (Wildman–Crippen MR) is 231 cm³/mol. The lowest BCUT2D eigenvalue weighted by atomic mass is 9.67. The van der Waals surface area contributed by atoms with Crippen molar-refractivity contribution in [3.05, 3.63) is 235 Å². The fourth-order valence-electron chi connectivity index (χ4n) is 9.13. The Bertz CT molecular complexity index is 2840. The minimum atomic E-state index is -0.443. The van der Waals surface area contributed by atoms with Crippen LogP contribution >= 0.6 is 11.8 Å². The Morgan fingerprint density at radius 1 is 0.327 bits per heavy atom. The minimum Gasteiger partial charge on any atom is -0.310 e. The molecule has 0 amide bonds. The summed E-state index contributed by atoms with van der Waals surface area (Å²) in [6.07, 6.45) is 0. The highest BCUT2D eigenvalue weighted by molar-refractivity contribution is 7.99. The molecule has 0 N–H and O–H groups in total. The summed E-state index contributed by atoms with van der Waals surface area (Å²) in [7, 11) is 0. The number of nitrogens with zero attached hydrogens (tertiary/aromatic N) is 1. The molecule has 2 aliphatic rings. The second-order valence-electron chi connectivity index (χ2n) is 14.4. The molecule has 9 aromatic carbocycles. The first kappa shape index (κ1) is 31.9. The van der Waals surface area contributed by atoms with Crippen molar-refractivity contribution in [3.8, 4) is 33.4 Å². The Morgan fingerprint density at radius 3 is 1.56 bits per heavy atom. The fourth-order valence-corrected chi connectivity index (χ4v) is 10.3. The molecule has 258 valence electrons. The molecule has 1 aliphatic carbocycles. The van der Waals surface area contributed by atoms with Crippen molar-refractivity contribution in [2.24, 2.45) is 0 Å². The van der Waals surface area contributed by atoms with Gasteiger partial charge in [0.25, 0.3) is 0 Å². The van der Waals surface area contributed by atoms with Gasteiger partial charge in [0.1, 0.15) is 0 Å².